The molecule has 1 saturated heterocycles. The highest BCUT2D eigenvalue weighted by Gasteiger charge is 2.37. The second-order valence-electron chi connectivity index (χ2n) is 9.50. The molecule has 5 N–H and O–H groups in total. The van der Waals surface area contributed by atoms with Gasteiger partial charge in [0, 0.05) is 30.7 Å². The predicted molar refractivity (Wildman–Crippen MR) is 145 cm³/mol. The summed E-state index contributed by atoms with van der Waals surface area (Å²) in [7, 11) is -3.71. The first kappa shape index (κ1) is 31.8. The minimum absolute atomic E-state index is 0.0192. The van der Waals surface area contributed by atoms with E-state index in [1.807, 2.05) is 0 Å². The second-order valence-corrected chi connectivity index (χ2v) is 12.5. The summed E-state index contributed by atoms with van der Waals surface area (Å²) in [4.78, 5) is 25.6. The average Bonchev–Trinajstić information content (AvgIpc) is 2.84. The van der Waals surface area contributed by atoms with E-state index in [9.17, 15) is 31.2 Å². The summed E-state index contributed by atoms with van der Waals surface area (Å²) in [5.74, 6) is -1.20. The first-order chi connectivity index (χ1) is 18.5. The third-order valence-corrected chi connectivity index (χ3v) is 9.23. The van der Waals surface area contributed by atoms with E-state index in [-0.39, 0.29) is 52.1 Å². The molecule has 1 fully saturated rings. The maximum absolute atomic E-state index is 14.1. The lowest BCUT2D eigenvalue weighted by atomic mass is 9.98. The number of aryl methyl sites for hydroxylation is 1. The molecule has 0 unspecified atom stereocenters. The summed E-state index contributed by atoms with van der Waals surface area (Å²) in [5, 5.41) is 13.5. The molecule has 3 rings (SSSR count). The van der Waals surface area contributed by atoms with E-state index in [0.717, 1.165) is 0 Å². The van der Waals surface area contributed by atoms with Crippen LogP contribution in [0.25, 0.3) is 0 Å². The van der Waals surface area contributed by atoms with E-state index in [1.54, 1.807) is 11.8 Å². The van der Waals surface area contributed by atoms with Crippen LogP contribution in [0.2, 0.25) is 10.0 Å². The van der Waals surface area contributed by atoms with E-state index < -0.39 is 50.2 Å². The topological polar surface area (TPSA) is 142 Å². The van der Waals surface area contributed by atoms with Crippen molar-refractivity contribution in [2.24, 2.45) is 0 Å². The first-order valence-corrected chi connectivity index (χ1v) is 14.7. The number of hydrogen-bond donors (Lipinski definition) is 4. The number of nitrogen functional groups attached to an aromatic ring is 1. The summed E-state index contributed by atoms with van der Waals surface area (Å²) in [6.07, 6.45) is -5.02. The Hall–Kier alpha value is -2.74. The zero-order valence-corrected chi connectivity index (χ0v) is 24.0. The number of nitrogens with zero attached hydrogens (tertiary/aromatic N) is 1. The van der Waals surface area contributed by atoms with Gasteiger partial charge in [-0.15, -0.1) is 0 Å². The van der Waals surface area contributed by atoms with Gasteiger partial charge in [0.05, 0.1) is 32.5 Å². The number of carbonyl (C=O) groups is 2. The Balaban J connectivity index is 1.93. The number of alkyl halides is 3. The van der Waals surface area contributed by atoms with Crippen LogP contribution in [0.1, 0.15) is 52.4 Å². The maximum Gasteiger partial charge on any atom is 0.416 e. The lowest BCUT2D eigenvalue weighted by molar-refractivity contribution is -0.138. The maximum atomic E-state index is 14.1. The van der Waals surface area contributed by atoms with Gasteiger partial charge in [0.15, 0.2) is 9.84 Å². The number of anilines is 1. The highest BCUT2D eigenvalue weighted by atomic mass is 35.5. The molecule has 1 atom stereocenters. The van der Waals surface area contributed by atoms with Gasteiger partial charge in [-0.05, 0) is 61.2 Å². The van der Waals surface area contributed by atoms with Crippen molar-refractivity contribution < 1.29 is 36.3 Å². The Morgan fingerprint density at radius 2 is 1.90 bits per heavy atom. The highest BCUT2D eigenvalue weighted by molar-refractivity contribution is 7.91. The van der Waals surface area contributed by atoms with E-state index >= 15 is 0 Å². The standard InChI is InChI=1S/C25H29Cl2F3N4O5S/c1-3-40(38,39)22-13(2)7-15(26)8-14(22)10-32-23(35)17-9-19(25(28,29)30)18(20(27)21(17)31)12-34-6-4-5-16(11-34)33-24(36)37/h7-9,16,33H,3-6,10-12,31H2,1-2H3,(H,32,35)(H,36,37)/t16-/m1/s1. The van der Waals surface area contributed by atoms with Crippen LogP contribution in [0.5, 0.6) is 0 Å². The Kier molecular flexibility index (Phi) is 9.86. The Labute approximate surface area is 239 Å². The predicted octanol–water partition coefficient (Wildman–Crippen LogP) is 4.86. The van der Waals surface area contributed by atoms with Crippen molar-refractivity contribution >= 4 is 50.7 Å². The van der Waals surface area contributed by atoms with Crippen LogP contribution in [0.3, 0.4) is 0 Å². The molecule has 2 amide bonds. The largest absolute Gasteiger partial charge is 0.465 e. The van der Waals surface area contributed by atoms with Gasteiger partial charge < -0.3 is 21.5 Å². The summed E-state index contributed by atoms with van der Waals surface area (Å²) in [6, 6.07) is 2.99. The molecule has 0 aromatic heterocycles. The quantitative estimate of drug-likeness (QED) is 0.307. The number of carbonyl (C=O) groups excluding carboxylic acids is 1. The monoisotopic (exact) mass is 624 g/mol. The van der Waals surface area contributed by atoms with Gasteiger partial charge in [-0.25, -0.2) is 13.2 Å². The number of rotatable bonds is 8. The number of piperidine rings is 1. The molecular formula is C25H29Cl2F3N4O5S. The van der Waals surface area contributed by atoms with E-state index in [4.69, 9.17) is 34.0 Å². The molecule has 1 aliphatic heterocycles. The first-order valence-electron chi connectivity index (χ1n) is 12.2. The summed E-state index contributed by atoms with van der Waals surface area (Å²) >= 11 is 12.4. The van der Waals surface area contributed by atoms with Gasteiger partial charge in [-0.1, -0.05) is 30.1 Å². The van der Waals surface area contributed by atoms with Crippen LogP contribution >= 0.6 is 23.2 Å². The van der Waals surface area contributed by atoms with Crippen LogP contribution in [0.15, 0.2) is 23.1 Å². The van der Waals surface area contributed by atoms with E-state index in [2.05, 4.69) is 10.6 Å². The molecule has 0 bridgehead atoms. The fraction of sp³-hybridized carbons (Fsp3) is 0.440. The van der Waals surface area contributed by atoms with Crippen molar-refractivity contribution in [3.63, 3.8) is 0 Å². The third-order valence-electron chi connectivity index (χ3n) is 6.62. The number of amides is 2. The Morgan fingerprint density at radius 3 is 2.50 bits per heavy atom. The number of halogens is 5. The fourth-order valence-corrected chi connectivity index (χ4v) is 6.74. The lowest BCUT2D eigenvalue weighted by Crippen LogP contribution is -2.47. The molecule has 2 aromatic carbocycles. The molecule has 0 saturated carbocycles. The smallest absolute Gasteiger partial charge is 0.416 e. The minimum Gasteiger partial charge on any atom is -0.465 e. The molecule has 0 radical (unpaired) electrons. The molecule has 15 heteroatoms. The molecule has 1 aliphatic rings. The zero-order valence-electron chi connectivity index (χ0n) is 21.7. The Morgan fingerprint density at radius 1 is 1.23 bits per heavy atom. The molecular weight excluding hydrogens is 596 g/mol. The van der Waals surface area contributed by atoms with Crippen LogP contribution in [-0.2, 0) is 29.1 Å². The minimum atomic E-state index is -4.89. The van der Waals surface area contributed by atoms with Crippen molar-refractivity contribution in [1.82, 2.24) is 15.5 Å². The van der Waals surface area contributed by atoms with Gasteiger partial charge in [-0.2, -0.15) is 13.2 Å². The van der Waals surface area contributed by atoms with Crippen LogP contribution in [-0.4, -0.2) is 55.3 Å². The number of carboxylic acid groups (broad SMARTS) is 1. The zero-order chi connectivity index (χ0) is 30.0. The van der Waals surface area contributed by atoms with Crippen LogP contribution in [0.4, 0.5) is 23.7 Å². The molecule has 0 spiro atoms. The summed E-state index contributed by atoms with van der Waals surface area (Å²) < 4.78 is 67.7. The van der Waals surface area contributed by atoms with Crippen LogP contribution < -0.4 is 16.4 Å². The van der Waals surface area contributed by atoms with Gasteiger partial charge in [-0.3, -0.25) is 9.69 Å². The molecule has 220 valence electrons. The van der Waals surface area contributed by atoms with Gasteiger partial charge in [0.25, 0.3) is 5.91 Å². The highest BCUT2D eigenvalue weighted by Crippen LogP contribution is 2.40. The second kappa shape index (κ2) is 12.4. The number of likely N-dealkylation sites (tertiary alicyclic amines) is 1. The van der Waals surface area contributed by atoms with Crippen molar-refractivity contribution in [3.8, 4) is 0 Å². The number of hydrogen-bond acceptors (Lipinski definition) is 6. The number of nitrogens with two attached hydrogens (primary N) is 1. The number of benzene rings is 2. The molecule has 9 nitrogen and oxygen atoms in total. The fourth-order valence-electron chi connectivity index (χ4n) is 4.81. The average molecular weight is 625 g/mol. The van der Waals surface area contributed by atoms with Crippen molar-refractivity contribution in [2.75, 3.05) is 24.6 Å². The number of sulfone groups is 1. The summed E-state index contributed by atoms with van der Waals surface area (Å²) in [6.45, 7) is 2.98. The lowest BCUT2D eigenvalue weighted by Gasteiger charge is -2.33. The van der Waals surface area contributed by atoms with E-state index in [1.165, 1.54) is 19.1 Å². The van der Waals surface area contributed by atoms with Gasteiger partial charge >= 0.3 is 12.3 Å². The van der Waals surface area contributed by atoms with Crippen molar-refractivity contribution in [2.45, 2.75) is 56.9 Å². The third kappa shape index (κ3) is 7.31. The van der Waals surface area contributed by atoms with Crippen molar-refractivity contribution in [1.29, 1.82) is 0 Å². The van der Waals surface area contributed by atoms with Crippen molar-refractivity contribution in [3.05, 3.63) is 56.1 Å². The van der Waals surface area contributed by atoms with E-state index in [0.29, 0.717) is 31.0 Å². The normalized spacial score (nSPS) is 16.5. The SMILES string of the molecule is CCS(=O)(=O)c1c(C)cc(Cl)cc1CNC(=O)c1cc(C(F)(F)F)c(CN2CCC[C@@H](NC(=O)O)C2)c(Cl)c1N. The summed E-state index contributed by atoms with van der Waals surface area (Å²) in [5.41, 5.74) is 4.20. The molecule has 40 heavy (non-hydrogen) atoms. The van der Waals surface area contributed by atoms with Crippen LogP contribution in [0, 0.1) is 6.92 Å². The molecule has 1 heterocycles. The molecule has 2 aromatic rings. The van der Waals surface area contributed by atoms with Gasteiger partial charge in [0.2, 0.25) is 0 Å². The number of nitrogens with one attached hydrogen (secondary N) is 2. The molecule has 0 aliphatic carbocycles. The van der Waals surface area contributed by atoms with Gasteiger partial charge in [0.1, 0.15) is 0 Å². The Bertz CT molecular complexity index is 1420.